The SMILES string of the molecule is Cc1cc(C(=O)NC2CCC(N(C)C)CC2(C)C)ccc1-c1ccc(C[C@H](NC(=O)[C@H]2CC[C@H](CNC(=O)OC(C)(C)C)CC2)C(=O)Nc2ccc(-c3nnn[nH]3)cc2)cc1. The number of amides is 4. The van der Waals surface area contributed by atoms with Gasteiger partial charge in [0, 0.05) is 47.8 Å². The van der Waals surface area contributed by atoms with E-state index in [4.69, 9.17) is 4.74 Å². The summed E-state index contributed by atoms with van der Waals surface area (Å²) >= 11 is 0. The van der Waals surface area contributed by atoms with Crippen LogP contribution in [0.2, 0.25) is 0 Å². The molecule has 2 unspecified atom stereocenters. The minimum absolute atomic E-state index is 0.00639. The summed E-state index contributed by atoms with van der Waals surface area (Å²) in [6.45, 7) is 12.5. The first kappa shape index (κ1) is 44.9. The number of hydrogen-bond donors (Lipinski definition) is 5. The van der Waals surface area contributed by atoms with Gasteiger partial charge < -0.3 is 30.9 Å². The summed E-state index contributed by atoms with van der Waals surface area (Å²) in [5, 5.41) is 26.2. The maximum absolute atomic E-state index is 13.9. The van der Waals surface area contributed by atoms with Crippen LogP contribution in [0.3, 0.4) is 0 Å². The van der Waals surface area contributed by atoms with Crippen LogP contribution in [-0.2, 0) is 20.7 Å². The van der Waals surface area contributed by atoms with Gasteiger partial charge in [-0.15, -0.1) is 5.10 Å². The summed E-state index contributed by atoms with van der Waals surface area (Å²) < 4.78 is 5.37. The molecular formula is C47H63N9O5. The van der Waals surface area contributed by atoms with Crippen LogP contribution in [0, 0.1) is 24.2 Å². The minimum atomic E-state index is -0.842. The molecule has 3 atom stereocenters. The molecule has 3 aromatic carbocycles. The zero-order valence-corrected chi connectivity index (χ0v) is 36.9. The topological polar surface area (TPSA) is 183 Å². The Labute approximate surface area is 359 Å². The maximum Gasteiger partial charge on any atom is 0.407 e. The van der Waals surface area contributed by atoms with Crippen LogP contribution < -0.4 is 21.3 Å². The molecule has 14 heteroatoms. The number of benzene rings is 3. The van der Waals surface area contributed by atoms with E-state index in [1.807, 2.05) is 70.2 Å². The fraction of sp³-hybridized carbons (Fsp3) is 0.511. The molecule has 2 saturated carbocycles. The van der Waals surface area contributed by atoms with Gasteiger partial charge in [-0.1, -0.05) is 44.2 Å². The number of hydrogen-bond acceptors (Lipinski definition) is 9. The maximum atomic E-state index is 13.9. The highest BCUT2D eigenvalue weighted by Crippen LogP contribution is 2.37. The molecule has 0 radical (unpaired) electrons. The molecule has 1 aromatic heterocycles. The van der Waals surface area contributed by atoms with Crippen LogP contribution in [0.1, 0.15) is 101 Å². The number of alkyl carbamates (subject to hydrolysis) is 1. The highest BCUT2D eigenvalue weighted by atomic mass is 16.6. The molecule has 2 aliphatic carbocycles. The number of ether oxygens (including phenoxy) is 1. The molecule has 0 bridgehead atoms. The minimum Gasteiger partial charge on any atom is -0.444 e. The van der Waals surface area contributed by atoms with Gasteiger partial charge in [-0.2, -0.15) is 0 Å². The second-order valence-electron chi connectivity index (χ2n) is 18.8. The van der Waals surface area contributed by atoms with Crippen molar-refractivity contribution in [1.82, 2.24) is 41.5 Å². The Bertz CT molecular complexity index is 2120. The van der Waals surface area contributed by atoms with Crippen molar-refractivity contribution in [3.05, 3.63) is 83.4 Å². The van der Waals surface area contributed by atoms with Crippen LogP contribution in [0.25, 0.3) is 22.5 Å². The average molecular weight is 834 g/mol. The van der Waals surface area contributed by atoms with E-state index in [1.165, 1.54) is 0 Å². The van der Waals surface area contributed by atoms with Gasteiger partial charge in [0.05, 0.1) is 0 Å². The van der Waals surface area contributed by atoms with E-state index < -0.39 is 17.7 Å². The molecule has 5 N–H and O–H groups in total. The van der Waals surface area contributed by atoms with Gasteiger partial charge in [0.1, 0.15) is 11.6 Å². The van der Waals surface area contributed by atoms with Crippen molar-refractivity contribution in [1.29, 1.82) is 0 Å². The van der Waals surface area contributed by atoms with Gasteiger partial charge in [-0.3, -0.25) is 14.4 Å². The number of aromatic nitrogens is 4. The Balaban J connectivity index is 1.10. The molecule has 0 spiro atoms. The van der Waals surface area contributed by atoms with E-state index in [9.17, 15) is 19.2 Å². The Morgan fingerprint density at radius 2 is 1.59 bits per heavy atom. The smallest absolute Gasteiger partial charge is 0.407 e. The molecule has 0 saturated heterocycles. The number of tetrazole rings is 1. The second kappa shape index (κ2) is 19.4. The lowest BCUT2D eigenvalue weighted by atomic mass is 9.71. The summed E-state index contributed by atoms with van der Waals surface area (Å²) in [6.07, 6.45) is 5.75. The van der Waals surface area contributed by atoms with Crippen molar-refractivity contribution in [2.45, 2.75) is 117 Å². The number of H-pyrrole nitrogens is 1. The van der Waals surface area contributed by atoms with E-state index in [1.54, 1.807) is 24.3 Å². The van der Waals surface area contributed by atoms with Gasteiger partial charge in [0.2, 0.25) is 11.8 Å². The lowest BCUT2D eigenvalue weighted by Gasteiger charge is -2.44. The Kier molecular flexibility index (Phi) is 14.3. The van der Waals surface area contributed by atoms with E-state index in [2.05, 4.69) is 74.7 Å². The van der Waals surface area contributed by atoms with Crippen molar-refractivity contribution >= 4 is 29.5 Å². The number of aryl methyl sites for hydroxylation is 1. The van der Waals surface area contributed by atoms with Crippen molar-refractivity contribution < 1.29 is 23.9 Å². The fourth-order valence-electron chi connectivity index (χ4n) is 8.63. The summed E-state index contributed by atoms with van der Waals surface area (Å²) in [5.74, 6) is -0.0382. The van der Waals surface area contributed by atoms with Gasteiger partial charge in [0.15, 0.2) is 5.82 Å². The summed E-state index contributed by atoms with van der Waals surface area (Å²) in [5.41, 5.74) is 5.27. The zero-order valence-electron chi connectivity index (χ0n) is 36.9. The third-order valence-electron chi connectivity index (χ3n) is 12.3. The Morgan fingerprint density at radius 1 is 0.902 bits per heavy atom. The number of nitrogens with one attached hydrogen (secondary N) is 5. The standard InChI is InChI=1S/C47H63N9O5/c1-29-25-35(43(58)51-40-24-22-37(56(7)8)27-47(40,5)6)19-23-38(29)32-13-9-30(10-14-32)26-39(44(59)49-36-20-17-33(18-21-36)41-52-54-55-53-41)50-42(57)34-15-11-31(12-16-34)28-48-45(60)61-46(2,3)4/h9-10,13-14,17-21,23,25,31,34,37,39-40H,11-12,15-16,22,24,26-28H2,1-8H3,(H,48,60)(H,49,59)(H,50,57)(H,51,58)(H,52,53,54,55)/t31-,34-,37?,39-,40?/m0/s1. The molecule has 2 aliphatic rings. The van der Waals surface area contributed by atoms with E-state index in [0.717, 1.165) is 59.9 Å². The van der Waals surface area contributed by atoms with Crippen LogP contribution in [-0.4, -0.2) is 93.7 Å². The van der Waals surface area contributed by atoms with Gasteiger partial charge in [0.25, 0.3) is 5.91 Å². The van der Waals surface area contributed by atoms with Crippen LogP contribution in [0.15, 0.2) is 66.7 Å². The number of carbonyl (C=O) groups is 4. The first-order valence-electron chi connectivity index (χ1n) is 21.5. The molecule has 14 nitrogen and oxygen atoms in total. The highest BCUT2D eigenvalue weighted by Gasteiger charge is 2.38. The molecule has 6 rings (SSSR count). The van der Waals surface area contributed by atoms with Crippen LogP contribution in [0.4, 0.5) is 10.5 Å². The lowest BCUT2D eigenvalue weighted by Crippen LogP contribution is -2.51. The molecule has 4 amide bonds. The summed E-state index contributed by atoms with van der Waals surface area (Å²) in [7, 11) is 4.25. The molecule has 61 heavy (non-hydrogen) atoms. The molecule has 2 fully saturated rings. The number of anilines is 1. The Morgan fingerprint density at radius 3 is 2.20 bits per heavy atom. The second-order valence-corrected chi connectivity index (χ2v) is 18.8. The average Bonchev–Trinajstić information content (AvgIpc) is 3.76. The molecule has 0 aliphatic heterocycles. The van der Waals surface area contributed by atoms with E-state index in [-0.39, 0.29) is 47.4 Å². The number of nitrogens with zero attached hydrogens (tertiary/aromatic N) is 4. The van der Waals surface area contributed by atoms with E-state index in [0.29, 0.717) is 42.5 Å². The number of aromatic amines is 1. The first-order chi connectivity index (χ1) is 28.9. The van der Waals surface area contributed by atoms with Gasteiger partial charge in [-0.25, -0.2) is 9.89 Å². The van der Waals surface area contributed by atoms with Crippen molar-refractivity contribution in [3.8, 4) is 22.5 Å². The van der Waals surface area contributed by atoms with Gasteiger partial charge in [-0.05, 0) is 167 Å². The summed E-state index contributed by atoms with van der Waals surface area (Å²) in [4.78, 5) is 55.6. The quantitative estimate of drug-likeness (QED) is 0.0940. The number of carbonyl (C=O) groups excluding carboxylic acids is 4. The lowest BCUT2D eigenvalue weighted by molar-refractivity contribution is -0.130. The molecule has 1 heterocycles. The molecule has 4 aromatic rings. The van der Waals surface area contributed by atoms with Gasteiger partial charge >= 0.3 is 6.09 Å². The van der Waals surface area contributed by atoms with Crippen molar-refractivity contribution in [2.24, 2.45) is 17.3 Å². The first-order valence-corrected chi connectivity index (χ1v) is 21.5. The summed E-state index contributed by atoms with van der Waals surface area (Å²) in [6, 6.07) is 20.8. The predicted molar refractivity (Wildman–Crippen MR) is 237 cm³/mol. The normalized spacial score (nSPS) is 20.6. The fourth-order valence-corrected chi connectivity index (χ4v) is 8.63. The Hall–Kier alpha value is -5.63. The van der Waals surface area contributed by atoms with Crippen LogP contribution in [0.5, 0.6) is 0 Å². The monoisotopic (exact) mass is 833 g/mol. The van der Waals surface area contributed by atoms with E-state index >= 15 is 0 Å². The largest absolute Gasteiger partial charge is 0.444 e. The third-order valence-corrected chi connectivity index (χ3v) is 12.3. The zero-order chi connectivity index (χ0) is 43.9. The van der Waals surface area contributed by atoms with Crippen molar-refractivity contribution in [2.75, 3.05) is 26.0 Å². The molecule has 326 valence electrons. The predicted octanol–water partition coefficient (Wildman–Crippen LogP) is 7.08. The highest BCUT2D eigenvalue weighted by molar-refractivity contribution is 5.98. The molecular weight excluding hydrogens is 771 g/mol. The van der Waals surface area contributed by atoms with Crippen molar-refractivity contribution in [3.63, 3.8) is 0 Å². The van der Waals surface area contributed by atoms with Crippen LogP contribution >= 0.6 is 0 Å². The third kappa shape index (κ3) is 12.2. The number of rotatable bonds is 13.